The first kappa shape index (κ1) is 78.6. The number of ether oxygens (including phenoxy) is 10. The molecule has 8 N–H and O–H groups in total. The summed E-state index contributed by atoms with van der Waals surface area (Å²) in [5.74, 6) is -8.10. The topological polar surface area (TPSA) is 400 Å². The summed E-state index contributed by atoms with van der Waals surface area (Å²) in [5.41, 5.74) is -2.86. The van der Waals surface area contributed by atoms with Gasteiger partial charge in [-0.2, -0.15) is 0 Å². The van der Waals surface area contributed by atoms with Crippen LogP contribution in [0, 0.1) is 50.2 Å². The predicted molar refractivity (Wildman–Crippen MR) is 340 cm³/mol. The zero-order valence-corrected chi connectivity index (χ0v) is 58.6. The van der Waals surface area contributed by atoms with E-state index in [1.54, 1.807) is 27.7 Å². The molecule has 7 rings (SSSR count). The van der Waals surface area contributed by atoms with Crippen molar-refractivity contribution in [3.8, 4) is 0 Å². The maximum Gasteiger partial charge on any atom is 0.328 e. The highest BCUT2D eigenvalue weighted by Gasteiger charge is 2.71. The van der Waals surface area contributed by atoms with Crippen molar-refractivity contribution in [2.45, 2.75) is 272 Å². The third kappa shape index (κ3) is 16.4. The van der Waals surface area contributed by atoms with Crippen LogP contribution < -0.4 is 16.0 Å². The lowest BCUT2D eigenvalue weighted by Crippen LogP contribution is -2.69. The van der Waals surface area contributed by atoms with Gasteiger partial charge in [0.25, 0.3) is 11.8 Å². The molecule has 0 radical (unpaired) electrons. The largest absolute Gasteiger partial charge is 0.466 e. The van der Waals surface area contributed by atoms with Crippen molar-refractivity contribution in [3.05, 3.63) is 11.6 Å². The fraction of sp³-hybridized carbons (Fsp3) is 0.826. The SMILES string of the molecule is CCOC(=O)CC[C@H](NC(=O)[C@H]1O[C@@H](O[C@H]2[C@H](O[C@H]3CC[C@]4(C)[C@H]5C(=O)C=C6[C@@H]7C[C@@](C)(C(=O)N[C@@H](CCC(=O)OCC)C(=O)OCC)CC[C@]7(C)CC[C@@]6(C)[C@]5(C)CC[C@H]4C3(C)C)O[C@H](C(=O)N[C@@H](CCC(=O)OCC)C(=O)OCC)[C@@H](O)[C@@H]2O)[C@H](O)[C@@H](O)[C@@H]1O)C(=O)OCC. The van der Waals surface area contributed by atoms with Crippen molar-refractivity contribution >= 4 is 59.3 Å². The molecular formula is C69H107N3O25. The first-order chi connectivity index (χ1) is 45.6. The van der Waals surface area contributed by atoms with Crippen LogP contribution in [0.15, 0.2) is 11.6 Å². The van der Waals surface area contributed by atoms with Gasteiger partial charge in [0.1, 0.15) is 54.7 Å². The number of amides is 3. The first-order valence-corrected chi connectivity index (χ1v) is 34.8. The second-order valence-electron chi connectivity index (χ2n) is 29.1. The Hall–Kier alpha value is -5.72. The van der Waals surface area contributed by atoms with Crippen LogP contribution in [-0.2, 0) is 95.3 Å². The van der Waals surface area contributed by atoms with Gasteiger partial charge in [0.2, 0.25) is 5.91 Å². The minimum absolute atomic E-state index is 0.00556. The molecule has 6 fully saturated rings. The molecule has 0 aromatic rings. The lowest BCUT2D eigenvalue weighted by atomic mass is 9.33. The van der Waals surface area contributed by atoms with Gasteiger partial charge in [0.05, 0.1) is 45.7 Å². The maximum atomic E-state index is 15.6. The van der Waals surface area contributed by atoms with Crippen molar-refractivity contribution in [2.75, 3.05) is 39.6 Å². The molecule has 4 saturated carbocycles. The minimum atomic E-state index is -2.22. The molecule has 0 spiro atoms. The number of allylic oxidation sites excluding steroid dienone is 2. The van der Waals surface area contributed by atoms with Crippen LogP contribution in [0.2, 0.25) is 0 Å². The van der Waals surface area contributed by atoms with Gasteiger partial charge in [-0.3, -0.25) is 33.6 Å². The van der Waals surface area contributed by atoms with Crippen molar-refractivity contribution in [1.82, 2.24) is 16.0 Å². The number of aliphatic hydroxyl groups is 5. The summed E-state index contributed by atoms with van der Waals surface area (Å²) in [7, 11) is 0. The van der Waals surface area contributed by atoms with Crippen LogP contribution >= 0.6 is 0 Å². The van der Waals surface area contributed by atoms with Crippen LogP contribution in [0.5, 0.6) is 0 Å². The standard InChI is InChI=1S/C69H107N3O25/c1-14-88-44(74)23-20-38(58(84)91-17-4)70-56(82)52-48(78)47(77)51(81)61(95-52)97-54-50(80)49(79)53(57(83)71-39(59(85)92-18-5)21-24-45(75)89-15-2)96-62(54)94-43-27-28-67(11)42(64(43,7)8)26-29-69(13)55(67)41(73)34-36-37-35-66(10,31-30-65(37,9)32-33-68(36,69)12)63(87)72-40(60(86)93-19-6)22-25-46(76)90-16-3/h34,37-40,42-43,47-55,61-62,77-81H,14-33,35H2,1-13H3,(H,70,82)(H,71,83)(H,72,87)/t37-,38-,39-,40-,42-,43-,47-,48-,49-,50-,51+,52-,53-,54+,55+,61-,62+,65+,66-,67-,68+,69+/m0/s1. The van der Waals surface area contributed by atoms with Gasteiger partial charge in [0.15, 0.2) is 30.6 Å². The van der Waals surface area contributed by atoms with Crippen LogP contribution in [0.3, 0.4) is 0 Å². The molecule has 2 aliphatic heterocycles. The lowest BCUT2D eigenvalue weighted by Gasteiger charge is -2.70. The van der Waals surface area contributed by atoms with E-state index in [4.69, 9.17) is 47.4 Å². The van der Waals surface area contributed by atoms with E-state index in [1.807, 2.05) is 26.8 Å². The zero-order chi connectivity index (χ0) is 71.9. The summed E-state index contributed by atoms with van der Waals surface area (Å²) in [4.78, 5) is 136. The van der Waals surface area contributed by atoms with Crippen LogP contribution in [0.4, 0.5) is 0 Å². The maximum absolute atomic E-state index is 15.6. The average molecular weight is 1380 g/mol. The molecule has 28 heteroatoms. The number of hydrogen-bond acceptors (Lipinski definition) is 25. The number of esters is 6. The van der Waals surface area contributed by atoms with Crippen LogP contribution in [0.1, 0.15) is 186 Å². The number of carbonyl (C=O) groups excluding carboxylic acids is 10. The number of ketones is 1. The van der Waals surface area contributed by atoms with E-state index >= 15 is 4.79 Å². The number of hydrogen-bond donors (Lipinski definition) is 8. The molecule has 0 unspecified atom stereocenters. The van der Waals surface area contributed by atoms with Crippen LogP contribution in [-0.4, -0.2) is 210 Å². The molecule has 22 atom stereocenters. The quantitative estimate of drug-likeness (QED) is 0.0317. The smallest absolute Gasteiger partial charge is 0.328 e. The number of carbonyl (C=O) groups is 10. The average Bonchev–Trinajstić information content (AvgIpc) is 0.673. The monoisotopic (exact) mass is 1380 g/mol. The van der Waals surface area contributed by atoms with E-state index in [1.165, 1.54) is 13.8 Å². The van der Waals surface area contributed by atoms with E-state index in [-0.39, 0.29) is 114 Å². The molecular weight excluding hydrogens is 1270 g/mol. The van der Waals surface area contributed by atoms with Gasteiger partial charge in [-0.15, -0.1) is 0 Å². The summed E-state index contributed by atoms with van der Waals surface area (Å²) in [5, 5.41) is 66.0. The summed E-state index contributed by atoms with van der Waals surface area (Å²) >= 11 is 0. The molecule has 2 saturated heterocycles. The highest BCUT2D eigenvalue weighted by Crippen LogP contribution is 2.75. The molecule has 548 valence electrons. The lowest BCUT2D eigenvalue weighted by molar-refractivity contribution is -0.369. The van der Waals surface area contributed by atoms with E-state index in [9.17, 15) is 68.7 Å². The predicted octanol–water partition coefficient (Wildman–Crippen LogP) is 3.17. The molecule has 0 aromatic heterocycles. The van der Waals surface area contributed by atoms with Crippen molar-refractivity contribution in [3.63, 3.8) is 0 Å². The molecule has 3 amide bonds. The second kappa shape index (κ2) is 32.3. The van der Waals surface area contributed by atoms with Gasteiger partial charge >= 0.3 is 35.8 Å². The van der Waals surface area contributed by atoms with Gasteiger partial charge in [0, 0.05) is 30.6 Å². The second-order valence-corrected chi connectivity index (χ2v) is 29.1. The normalized spacial score (nSPS) is 36.7. The fourth-order valence-corrected chi connectivity index (χ4v) is 17.2. The minimum Gasteiger partial charge on any atom is -0.466 e. The Morgan fingerprint density at radius 2 is 0.979 bits per heavy atom. The Balaban J connectivity index is 1.18. The molecule has 2 heterocycles. The summed E-state index contributed by atoms with van der Waals surface area (Å²) < 4.78 is 56.2. The van der Waals surface area contributed by atoms with Gasteiger partial charge in [-0.25, -0.2) is 14.4 Å². The molecule has 0 aromatic carbocycles. The summed E-state index contributed by atoms with van der Waals surface area (Å²) in [6.07, 6.45) is -16.5. The Morgan fingerprint density at radius 1 is 0.526 bits per heavy atom. The molecule has 28 nitrogen and oxygen atoms in total. The van der Waals surface area contributed by atoms with Gasteiger partial charge in [-0.05, 0) is 164 Å². The number of nitrogens with one attached hydrogen (secondary N) is 3. The molecule has 97 heavy (non-hydrogen) atoms. The zero-order valence-electron chi connectivity index (χ0n) is 58.6. The number of fused-ring (bicyclic) bond motifs is 7. The number of rotatable bonds is 28. The van der Waals surface area contributed by atoms with Gasteiger partial charge in [-0.1, -0.05) is 54.0 Å². The highest BCUT2D eigenvalue weighted by atomic mass is 16.8. The van der Waals surface area contributed by atoms with Crippen molar-refractivity contribution in [2.24, 2.45) is 50.2 Å². The third-order valence-corrected chi connectivity index (χ3v) is 22.8. The number of aliphatic hydroxyl groups excluding tert-OH is 5. The van der Waals surface area contributed by atoms with Gasteiger partial charge < -0.3 is 88.9 Å². The summed E-state index contributed by atoms with van der Waals surface area (Å²) in [6, 6.07) is -4.07. The van der Waals surface area contributed by atoms with E-state index in [0.717, 1.165) is 18.4 Å². The fourth-order valence-electron chi connectivity index (χ4n) is 17.2. The summed E-state index contributed by atoms with van der Waals surface area (Å²) in [6.45, 7) is 24.4. The van der Waals surface area contributed by atoms with Crippen molar-refractivity contribution < 1.29 is 121 Å². The molecule has 5 aliphatic carbocycles. The van der Waals surface area contributed by atoms with Crippen LogP contribution in [0.25, 0.3) is 0 Å². The highest BCUT2D eigenvalue weighted by molar-refractivity contribution is 5.96. The first-order valence-electron chi connectivity index (χ1n) is 34.8. The Morgan fingerprint density at radius 3 is 1.46 bits per heavy atom. The van der Waals surface area contributed by atoms with E-state index < -0.39 is 166 Å². The molecule has 7 aliphatic rings. The Labute approximate surface area is 567 Å². The Kier molecular flexibility index (Phi) is 26.2. The third-order valence-electron chi connectivity index (χ3n) is 22.8. The molecule has 0 bridgehead atoms. The van der Waals surface area contributed by atoms with Crippen molar-refractivity contribution in [1.29, 1.82) is 0 Å². The van der Waals surface area contributed by atoms with E-state index in [2.05, 4.69) is 43.6 Å². The Bertz CT molecular complexity index is 2910. The van der Waals surface area contributed by atoms with E-state index in [0.29, 0.717) is 38.5 Å².